The van der Waals surface area contributed by atoms with Gasteiger partial charge in [0.15, 0.2) is 15.9 Å². The highest BCUT2D eigenvalue weighted by Crippen LogP contribution is 2.43. The minimum absolute atomic E-state index is 0.0456. The number of carbonyl (C=O) groups excluding carboxylic acids is 2. The molecular formula is C20H17N3O5S2. The highest BCUT2D eigenvalue weighted by molar-refractivity contribution is 8.00. The molecule has 0 saturated carbocycles. The zero-order chi connectivity index (χ0) is 21.4. The van der Waals surface area contributed by atoms with Gasteiger partial charge in [-0.2, -0.15) is 0 Å². The first-order chi connectivity index (χ1) is 14.4. The van der Waals surface area contributed by atoms with E-state index in [1.807, 2.05) is 6.26 Å². The first-order valence-corrected chi connectivity index (χ1v) is 10.9. The molecule has 30 heavy (non-hydrogen) atoms. The van der Waals surface area contributed by atoms with Crippen molar-refractivity contribution in [2.24, 2.45) is 0 Å². The van der Waals surface area contributed by atoms with E-state index in [2.05, 4.69) is 10.2 Å². The number of benzene rings is 1. The molecule has 1 aliphatic heterocycles. The van der Waals surface area contributed by atoms with Crippen LogP contribution in [0.2, 0.25) is 0 Å². The predicted octanol–water partition coefficient (Wildman–Crippen LogP) is 3.95. The summed E-state index contributed by atoms with van der Waals surface area (Å²) in [6.07, 6.45) is 1.85. The topological polar surface area (TPSA) is 106 Å². The largest absolute Gasteiger partial charge is 0.503 e. The van der Waals surface area contributed by atoms with Gasteiger partial charge in [-0.25, -0.2) is 0 Å². The molecule has 1 amide bonds. The second-order valence-corrected chi connectivity index (χ2v) is 8.42. The Hall–Kier alpha value is -3.11. The molecule has 1 aliphatic rings. The Kier molecular flexibility index (Phi) is 5.35. The van der Waals surface area contributed by atoms with Gasteiger partial charge in [-0.15, -0.1) is 10.2 Å². The average molecular weight is 444 g/mol. The van der Waals surface area contributed by atoms with Crippen LogP contribution in [0.3, 0.4) is 0 Å². The van der Waals surface area contributed by atoms with E-state index >= 15 is 0 Å². The van der Waals surface area contributed by atoms with Gasteiger partial charge in [-0.05, 0) is 43.0 Å². The van der Waals surface area contributed by atoms with E-state index in [-0.39, 0.29) is 16.5 Å². The molecule has 8 nitrogen and oxygen atoms in total. The number of Topliss-reactive ketones (excluding diaryl/α,β-unsaturated/α-hetero) is 1. The van der Waals surface area contributed by atoms with Crippen molar-refractivity contribution in [2.75, 3.05) is 18.3 Å². The molecule has 3 heterocycles. The summed E-state index contributed by atoms with van der Waals surface area (Å²) < 4.78 is 11.3. The van der Waals surface area contributed by atoms with Crippen molar-refractivity contribution in [2.45, 2.75) is 17.3 Å². The van der Waals surface area contributed by atoms with Gasteiger partial charge in [0.1, 0.15) is 11.5 Å². The molecular weight excluding hydrogens is 426 g/mol. The third-order valence-corrected chi connectivity index (χ3v) is 6.52. The van der Waals surface area contributed by atoms with Gasteiger partial charge in [0.25, 0.3) is 5.91 Å². The molecule has 1 unspecified atom stereocenters. The fourth-order valence-electron chi connectivity index (χ4n) is 3.21. The van der Waals surface area contributed by atoms with Gasteiger partial charge in [0.2, 0.25) is 10.9 Å². The summed E-state index contributed by atoms with van der Waals surface area (Å²) in [4.78, 5) is 27.5. The number of nitrogens with zero attached hydrogens (tertiary/aromatic N) is 3. The number of ketones is 1. The van der Waals surface area contributed by atoms with Crippen LogP contribution in [0.15, 0.2) is 56.5 Å². The molecule has 3 aromatic rings. The smallest absolute Gasteiger partial charge is 0.296 e. The van der Waals surface area contributed by atoms with Crippen molar-refractivity contribution in [3.8, 4) is 5.75 Å². The maximum Gasteiger partial charge on any atom is 0.296 e. The molecule has 0 spiro atoms. The standard InChI is InChI=1S/C20H17N3O5S2/c1-10-4-9-13(28-10)16(24)14-15(11-5-7-12(27-2)8-6-11)23(18(26)17(14)25)19-21-22-20(29-3)30-19/h4-9,15,25H,1-3H3. The molecule has 0 aliphatic carbocycles. The van der Waals surface area contributed by atoms with Crippen molar-refractivity contribution in [3.63, 3.8) is 0 Å². The van der Waals surface area contributed by atoms with E-state index in [4.69, 9.17) is 9.15 Å². The van der Waals surface area contributed by atoms with Crippen LogP contribution in [0.1, 0.15) is 27.9 Å². The number of aryl methyl sites for hydroxylation is 1. The molecule has 0 bridgehead atoms. The first kappa shape index (κ1) is 20.2. The molecule has 1 atom stereocenters. The summed E-state index contributed by atoms with van der Waals surface area (Å²) in [6.45, 7) is 1.71. The van der Waals surface area contributed by atoms with Crippen LogP contribution in [-0.4, -0.2) is 40.4 Å². The molecule has 0 saturated heterocycles. The number of anilines is 1. The Balaban J connectivity index is 1.85. The Morgan fingerprint density at radius 1 is 1.23 bits per heavy atom. The lowest BCUT2D eigenvalue weighted by molar-refractivity contribution is -0.117. The summed E-state index contributed by atoms with van der Waals surface area (Å²) >= 11 is 2.60. The lowest BCUT2D eigenvalue weighted by Crippen LogP contribution is -2.31. The van der Waals surface area contributed by atoms with Crippen molar-refractivity contribution in [3.05, 3.63) is 64.8 Å². The Morgan fingerprint density at radius 2 is 1.97 bits per heavy atom. The Bertz CT molecular complexity index is 1150. The van der Waals surface area contributed by atoms with Crippen LogP contribution in [0, 0.1) is 6.92 Å². The third kappa shape index (κ3) is 3.37. The van der Waals surface area contributed by atoms with Crippen molar-refractivity contribution >= 4 is 39.9 Å². The van der Waals surface area contributed by atoms with Gasteiger partial charge in [0, 0.05) is 0 Å². The number of amides is 1. The Labute approximate surface area is 180 Å². The normalized spacial score (nSPS) is 16.4. The van der Waals surface area contributed by atoms with Crippen LogP contribution in [0.25, 0.3) is 0 Å². The maximum absolute atomic E-state index is 13.2. The third-order valence-electron chi connectivity index (χ3n) is 4.62. The van der Waals surface area contributed by atoms with E-state index in [0.717, 1.165) is 0 Å². The number of aromatic nitrogens is 2. The molecule has 154 valence electrons. The van der Waals surface area contributed by atoms with Crippen molar-refractivity contribution < 1.29 is 23.8 Å². The fourth-order valence-corrected chi connectivity index (χ4v) is 4.49. The summed E-state index contributed by atoms with van der Waals surface area (Å²) in [7, 11) is 1.55. The molecule has 1 aromatic carbocycles. The molecule has 0 radical (unpaired) electrons. The van der Waals surface area contributed by atoms with Gasteiger partial charge >= 0.3 is 0 Å². The highest BCUT2D eigenvalue weighted by atomic mass is 32.2. The van der Waals surface area contributed by atoms with Crippen molar-refractivity contribution in [1.82, 2.24) is 10.2 Å². The molecule has 1 N–H and O–H groups in total. The van der Waals surface area contributed by atoms with Crippen LogP contribution < -0.4 is 9.64 Å². The average Bonchev–Trinajstić information content (AvgIpc) is 3.46. The summed E-state index contributed by atoms with van der Waals surface area (Å²) in [6, 6.07) is 9.20. The lowest BCUT2D eigenvalue weighted by atomic mass is 9.95. The number of rotatable bonds is 6. The van der Waals surface area contributed by atoms with Crippen LogP contribution in [0.4, 0.5) is 5.13 Å². The number of carbonyl (C=O) groups is 2. The number of methoxy groups -OCH3 is 1. The summed E-state index contributed by atoms with van der Waals surface area (Å²) in [5, 5.41) is 19.1. The minimum atomic E-state index is -0.885. The second-order valence-electron chi connectivity index (χ2n) is 6.41. The van der Waals surface area contributed by atoms with Gasteiger partial charge in [-0.1, -0.05) is 35.2 Å². The van der Waals surface area contributed by atoms with Crippen LogP contribution >= 0.6 is 23.1 Å². The molecule has 0 fully saturated rings. The first-order valence-electron chi connectivity index (χ1n) is 8.84. The quantitative estimate of drug-likeness (QED) is 0.347. The number of aliphatic hydroxyl groups excluding tert-OH is 1. The van der Waals surface area contributed by atoms with Crippen molar-refractivity contribution in [1.29, 1.82) is 0 Å². The number of thioether (sulfide) groups is 1. The fraction of sp³-hybridized carbons (Fsp3) is 0.200. The van der Waals surface area contributed by atoms with Crippen LogP contribution in [-0.2, 0) is 4.79 Å². The van der Waals surface area contributed by atoms with Gasteiger partial charge < -0.3 is 14.3 Å². The van der Waals surface area contributed by atoms with E-state index in [9.17, 15) is 14.7 Å². The zero-order valence-electron chi connectivity index (χ0n) is 16.3. The molecule has 4 rings (SSSR count). The SMILES string of the molecule is COc1ccc(C2C(C(=O)c3ccc(C)o3)=C(O)C(=O)N2c2nnc(SC)s2)cc1. The number of hydrogen-bond donors (Lipinski definition) is 1. The zero-order valence-corrected chi connectivity index (χ0v) is 17.9. The van der Waals surface area contributed by atoms with E-state index in [1.54, 1.807) is 44.4 Å². The second kappa shape index (κ2) is 7.96. The summed E-state index contributed by atoms with van der Waals surface area (Å²) in [5.74, 6) is -0.689. The van der Waals surface area contributed by atoms with Gasteiger partial charge in [0.05, 0.1) is 18.7 Å². The van der Waals surface area contributed by atoms with Gasteiger partial charge in [-0.3, -0.25) is 14.5 Å². The minimum Gasteiger partial charge on any atom is -0.503 e. The summed E-state index contributed by atoms with van der Waals surface area (Å²) in [5.41, 5.74) is 0.543. The number of hydrogen-bond acceptors (Lipinski definition) is 9. The molecule has 2 aromatic heterocycles. The van der Waals surface area contributed by atoms with E-state index in [0.29, 0.717) is 21.4 Å². The van der Waals surface area contributed by atoms with E-state index < -0.39 is 23.5 Å². The number of furan rings is 1. The highest BCUT2D eigenvalue weighted by Gasteiger charge is 2.46. The van der Waals surface area contributed by atoms with E-state index in [1.165, 1.54) is 34.1 Å². The maximum atomic E-state index is 13.2. The van der Waals surface area contributed by atoms with Crippen LogP contribution in [0.5, 0.6) is 5.75 Å². The monoisotopic (exact) mass is 443 g/mol. The molecule has 10 heteroatoms. The Morgan fingerprint density at radius 3 is 2.53 bits per heavy atom. The number of aliphatic hydroxyl groups is 1. The predicted molar refractivity (Wildman–Crippen MR) is 112 cm³/mol. The number of ether oxygens (including phenoxy) is 1. The lowest BCUT2D eigenvalue weighted by Gasteiger charge is -2.24.